The highest BCUT2D eigenvalue weighted by atomic mass is 16.5. The topological polar surface area (TPSA) is 84.3 Å². The minimum absolute atomic E-state index is 0.225. The standard InChI is InChI=1S/C12H17N3O3/c1-3-18-12-14-7-10(8-15-12)4-5-11(17)13-6-9(2)16/h4-5,7-9,16H,3,6H2,1-2H3,(H,13,17)/b5-4+. The van der Waals surface area contributed by atoms with Gasteiger partial charge < -0.3 is 15.2 Å². The van der Waals surface area contributed by atoms with Crippen molar-refractivity contribution in [2.45, 2.75) is 20.0 Å². The van der Waals surface area contributed by atoms with Gasteiger partial charge in [-0.3, -0.25) is 4.79 Å². The van der Waals surface area contributed by atoms with E-state index in [1.165, 1.54) is 6.08 Å². The maximum absolute atomic E-state index is 11.3. The first-order valence-electron chi connectivity index (χ1n) is 5.70. The molecule has 0 fully saturated rings. The number of ether oxygens (including phenoxy) is 1. The smallest absolute Gasteiger partial charge is 0.316 e. The third kappa shape index (κ3) is 5.40. The highest BCUT2D eigenvalue weighted by Gasteiger charge is 1.99. The molecule has 1 aromatic heterocycles. The molecule has 0 radical (unpaired) electrons. The summed E-state index contributed by atoms with van der Waals surface area (Å²) in [5.74, 6) is -0.273. The monoisotopic (exact) mass is 251 g/mol. The molecule has 1 rings (SSSR count). The Morgan fingerprint density at radius 1 is 1.56 bits per heavy atom. The van der Waals surface area contributed by atoms with E-state index in [9.17, 15) is 4.79 Å². The molecule has 1 aromatic rings. The van der Waals surface area contributed by atoms with Gasteiger partial charge in [0.15, 0.2) is 0 Å². The van der Waals surface area contributed by atoms with Gasteiger partial charge >= 0.3 is 6.01 Å². The van der Waals surface area contributed by atoms with E-state index in [0.717, 1.165) is 0 Å². The summed E-state index contributed by atoms with van der Waals surface area (Å²) in [5, 5.41) is 11.5. The van der Waals surface area contributed by atoms with Gasteiger partial charge in [0.1, 0.15) is 0 Å². The van der Waals surface area contributed by atoms with Gasteiger partial charge in [-0.2, -0.15) is 0 Å². The molecule has 0 aromatic carbocycles. The van der Waals surface area contributed by atoms with E-state index in [2.05, 4.69) is 15.3 Å². The van der Waals surface area contributed by atoms with E-state index in [1.807, 2.05) is 6.92 Å². The third-order valence-corrected chi connectivity index (χ3v) is 1.92. The second-order valence-electron chi connectivity index (χ2n) is 3.66. The maximum Gasteiger partial charge on any atom is 0.316 e. The molecule has 1 unspecified atom stereocenters. The molecule has 6 nitrogen and oxygen atoms in total. The zero-order valence-electron chi connectivity index (χ0n) is 10.5. The maximum atomic E-state index is 11.3. The molecule has 1 heterocycles. The Bertz CT molecular complexity index is 402. The summed E-state index contributed by atoms with van der Waals surface area (Å²) < 4.78 is 5.10. The number of nitrogens with one attached hydrogen (secondary N) is 1. The normalized spacial score (nSPS) is 12.4. The molecule has 0 saturated heterocycles. The lowest BCUT2D eigenvalue weighted by molar-refractivity contribution is -0.116. The minimum Gasteiger partial charge on any atom is -0.464 e. The van der Waals surface area contributed by atoms with Crippen LogP contribution in [-0.4, -0.2) is 40.2 Å². The first kappa shape index (κ1) is 14.1. The van der Waals surface area contributed by atoms with Crippen LogP contribution in [0.2, 0.25) is 0 Å². The van der Waals surface area contributed by atoms with Gasteiger partial charge in [0.2, 0.25) is 5.91 Å². The van der Waals surface area contributed by atoms with Crippen molar-refractivity contribution in [3.05, 3.63) is 24.0 Å². The van der Waals surface area contributed by atoms with Gasteiger partial charge in [-0.25, -0.2) is 9.97 Å². The molecule has 0 aliphatic heterocycles. The second-order valence-corrected chi connectivity index (χ2v) is 3.66. The quantitative estimate of drug-likeness (QED) is 0.714. The van der Waals surface area contributed by atoms with Crippen molar-refractivity contribution in [1.82, 2.24) is 15.3 Å². The average molecular weight is 251 g/mol. The fourth-order valence-electron chi connectivity index (χ4n) is 1.10. The summed E-state index contributed by atoms with van der Waals surface area (Å²) in [4.78, 5) is 19.2. The lowest BCUT2D eigenvalue weighted by atomic mass is 10.3. The SMILES string of the molecule is CCOc1ncc(/C=C/C(=O)NCC(C)O)cn1. The van der Waals surface area contributed by atoms with Crippen molar-refractivity contribution >= 4 is 12.0 Å². The van der Waals surface area contributed by atoms with Gasteiger partial charge in [-0.1, -0.05) is 0 Å². The lowest BCUT2D eigenvalue weighted by Gasteiger charge is -2.03. The molecule has 1 amide bonds. The predicted octanol–water partition coefficient (Wildman–Crippen LogP) is 0.385. The van der Waals surface area contributed by atoms with Gasteiger partial charge in [0, 0.05) is 30.6 Å². The fraction of sp³-hybridized carbons (Fsp3) is 0.417. The van der Waals surface area contributed by atoms with Crippen LogP contribution in [0.3, 0.4) is 0 Å². The van der Waals surface area contributed by atoms with E-state index in [1.54, 1.807) is 25.4 Å². The zero-order chi connectivity index (χ0) is 13.4. The minimum atomic E-state index is -0.559. The molecule has 0 aliphatic rings. The molecule has 6 heteroatoms. The summed E-state index contributed by atoms with van der Waals surface area (Å²) in [5.41, 5.74) is 0.700. The van der Waals surface area contributed by atoms with Crippen molar-refractivity contribution in [2.24, 2.45) is 0 Å². The molecule has 0 saturated carbocycles. The van der Waals surface area contributed by atoms with Crippen LogP contribution in [0.5, 0.6) is 6.01 Å². The number of rotatable bonds is 6. The molecular weight excluding hydrogens is 234 g/mol. The van der Waals surface area contributed by atoms with Gasteiger partial charge in [-0.05, 0) is 19.9 Å². The number of hydrogen-bond donors (Lipinski definition) is 2. The van der Waals surface area contributed by atoms with Crippen LogP contribution < -0.4 is 10.1 Å². The van der Waals surface area contributed by atoms with E-state index in [-0.39, 0.29) is 12.5 Å². The summed E-state index contributed by atoms with van der Waals surface area (Å²) in [6, 6.07) is 0.313. The number of hydrogen-bond acceptors (Lipinski definition) is 5. The van der Waals surface area contributed by atoms with Crippen LogP contribution in [0.1, 0.15) is 19.4 Å². The Labute approximate surface area is 106 Å². The first-order chi connectivity index (χ1) is 8.61. The number of carbonyl (C=O) groups is 1. The number of aromatic nitrogens is 2. The Morgan fingerprint density at radius 2 is 2.22 bits per heavy atom. The van der Waals surface area contributed by atoms with Gasteiger partial charge in [0.05, 0.1) is 12.7 Å². The van der Waals surface area contributed by atoms with E-state index in [4.69, 9.17) is 9.84 Å². The molecule has 1 atom stereocenters. The summed E-state index contributed by atoms with van der Waals surface area (Å²) in [7, 11) is 0. The highest BCUT2D eigenvalue weighted by molar-refractivity contribution is 5.91. The van der Waals surface area contributed by atoms with Crippen LogP contribution in [0.25, 0.3) is 6.08 Å². The van der Waals surface area contributed by atoms with Crippen LogP contribution in [0, 0.1) is 0 Å². The molecule has 98 valence electrons. The van der Waals surface area contributed by atoms with E-state index in [0.29, 0.717) is 18.2 Å². The van der Waals surface area contributed by atoms with Crippen molar-refractivity contribution in [2.75, 3.05) is 13.2 Å². The first-order valence-corrected chi connectivity index (χ1v) is 5.70. The third-order valence-electron chi connectivity index (χ3n) is 1.92. The number of amides is 1. The van der Waals surface area contributed by atoms with Crippen molar-refractivity contribution in [3.8, 4) is 6.01 Å². The molecule has 0 spiro atoms. The average Bonchev–Trinajstić information content (AvgIpc) is 2.36. The Kier molecular flexibility index (Phi) is 5.79. The van der Waals surface area contributed by atoms with E-state index >= 15 is 0 Å². The second kappa shape index (κ2) is 7.39. The van der Waals surface area contributed by atoms with Crippen LogP contribution in [0.15, 0.2) is 18.5 Å². The number of aliphatic hydroxyl groups excluding tert-OH is 1. The lowest BCUT2D eigenvalue weighted by Crippen LogP contribution is -2.28. The largest absolute Gasteiger partial charge is 0.464 e. The Hall–Kier alpha value is -1.95. The molecule has 0 aliphatic carbocycles. The number of carbonyl (C=O) groups excluding carboxylic acids is 1. The van der Waals surface area contributed by atoms with Crippen LogP contribution in [-0.2, 0) is 4.79 Å². The Morgan fingerprint density at radius 3 is 2.78 bits per heavy atom. The summed E-state index contributed by atoms with van der Waals surface area (Å²) >= 11 is 0. The highest BCUT2D eigenvalue weighted by Crippen LogP contribution is 2.03. The van der Waals surface area contributed by atoms with E-state index < -0.39 is 6.10 Å². The number of aliphatic hydroxyl groups is 1. The molecular formula is C12H17N3O3. The van der Waals surface area contributed by atoms with Gasteiger partial charge in [-0.15, -0.1) is 0 Å². The Balaban J connectivity index is 2.48. The van der Waals surface area contributed by atoms with Crippen molar-refractivity contribution < 1.29 is 14.6 Å². The molecule has 18 heavy (non-hydrogen) atoms. The molecule has 2 N–H and O–H groups in total. The summed E-state index contributed by atoms with van der Waals surface area (Å²) in [6.07, 6.45) is 5.53. The van der Waals surface area contributed by atoms with Crippen LogP contribution in [0.4, 0.5) is 0 Å². The van der Waals surface area contributed by atoms with Crippen LogP contribution >= 0.6 is 0 Å². The number of nitrogens with zero attached hydrogens (tertiary/aromatic N) is 2. The van der Waals surface area contributed by atoms with Gasteiger partial charge in [0.25, 0.3) is 0 Å². The zero-order valence-corrected chi connectivity index (χ0v) is 10.5. The predicted molar refractivity (Wildman–Crippen MR) is 66.9 cm³/mol. The molecule has 0 bridgehead atoms. The fourth-order valence-corrected chi connectivity index (χ4v) is 1.10. The van der Waals surface area contributed by atoms with Crippen molar-refractivity contribution in [1.29, 1.82) is 0 Å². The summed E-state index contributed by atoms with van der Waals surface area (Å²) in [6.45, 7) is 4.19. The van der Waals surface area contributed by atoms with Crippen molar-refractivity contribution in [3.63, 3.8) is 0 Å².